The molecule has 128 valence electrons. The van der Waals surface area contributed by atoms with Crippen molar-refractivity contribution in [1.82, 2.24) is 0 Å². The molecular weight excluding hydrogens is 335 g/mol. The molecule has 0 spiro atoms. The van der Waals surface area contributed by atoms with Gasteiger partial charge in [-0.05, 0) is 17.7 Å². The number of benzene rings is 2. The van der Waals surface area contributed by atoms with Gasteiger partial charge in [0.15, 0.2) is 11.9 Å². The highest BCUT2D eigenvalue weighted by molar-refractivity contribution is 7.46. The van der Waals surface area contributed by atoms with Gasteiger partial charge in [-0.1, -0.05) is 30.3 Å². The van der Waals surface area contributed by atoms with Gasteiger partial charge in [0.05, 0.1) is 14.2 Å². The third-order valence-electron chi connectivity index (χ3n) is 3.22. The molecule has 0 saturated heterocycles. The monoisotopic (exact) mass is 352 g/mol. The SMILES string of the molecule is COc1cc(OC)cc(C(OP(=O)(O)O)C(=O)c2ccccc2)c1. The molecule has 0 fully saturated rings. The van der Waals surface area contributed by atoms with Crippen LogP contribution in [0.5, 0.6) is 11.5 Å². The highest BCUT2D eigenvalue weighted by Crippen LogP contribution is 2.44. The Bertz CT molecular complexity index is 732. The van der Waals surface area contributed by atoms with Crippen LogP contribution in [0.2, 0.25) is 0 Å². The summed E-state index contributed by atoms with van der Waals surface area (Å²) in [5, 5.41) is 0. The number of methoxy groups -OCH3 is 2. The zero-order chi connectivity index (χ0) is 17.7. The van der Waals surface area contributed by atoms with Crippen LogP contribution in [0.4, 0.5) is 0 Å². The van der Waals surface area contributed by atoms with Crippen molar-refractivity contribution in [3.63, 3.8) is 0 Å². The first kappa shape index (κ1) is 18.2. The number of Topliss-reactive ketones (excluding diaryl/α,β-unsaturated/α-hetero) is 1. The minimum Gasteiger partial charge on any atom is -0.497 e. The fourth-order valence-corrected chi connectivity index (χ4v) is 2.62. The molecule has 8 heteroatoms. The van der Waals surface area contributed by atoms with Crippen molar-refractivity contribution in [2.45, 2.75) is 6.10 Å². The van der Waals surface area contributed by atoms with Gasteiger partial charge < -0.3 is 19.3 Å². The van der Waals surface area contributed by atoms with E-state index >= 15 is 0 Å². The third kappa shape index (κ3) is 4.66. The molecule has 1 unspecified atom stereocenters. The van der Waals surface area contributed by atoms with Gasteiger partial charge >= 0.3 is 7.82 Å². The standard InChI is InChI=1S/C16H17O7P/c1-21-13-8-12(9-14(10-13)22-2)16(23-24(18,19)20)15(17)11-6-4-3-5-7-11/h3-10,16H,1-2H3,(H2,18,19,20). The highest BCUT2D eigenvalue weighted by atomic mass is 31.2. The number of ether oxygens (including phenoxy) is 2. The number of phosphoric ester groups is 1. The fraction of sp³-hybridized carbons (Fsp3) is 0.188. The van der Waals surface area contributed by atoms with E-state index in [0.29, 0.717) is 11.5 Å². The van der Waals surface area contributed by atoms with Crippen LogP contribution >= 0.6 is 7.82 Å². The predicted octanol–water partition coefficient (Wildman–Crippen LogP) is 2.74. The first-order valence-corrected chi connectivity index (χ1v) is 8.43. The highest BCUT2D eigenvalue weighted by Gasteiger charge is 2.31. The second-order valence-electron chi connectivity index (χ2n) is 4.85. The number of hydrogen-bond acceptors (Lipinski definition) is 5. The van der Waals surface area contributed by atoms with Crippen molar-refractivity contribution in [2.24, 2.45) is 0 Å². The molecule has 0 aliphatic heterocycles. The summed E-state index contributed by atoms with van der Waals surface area (Å²) in [4.78, 5) is 31.0. The molecule has 0 heterocycles. The van der Waals surface area contributed by atoms with Gasteiger partial charge in [0.2, 0.25) is 0 Å². The molecule has 0 aromatic heterocycles. The first-order chi connectivity index (χ1) is 11.3. The second kappa shape index (κ2) is 7.59. The molecule has 2 rings (SSSR count). The van der Waals surface area contributed by atoms with Crippen molar-refractivity contribution in [3.8, 4) is 11.5 Å². The van der Waals surface area contributed by atoms with E-state index in [1.807, 2.05) is 0 Å². The van der Waals surface area contributed by atoms with Gasteiger partial charge in [-0.15, -0.1) is 0 Å². The summed E-state index contributed by atoms with van der Waals surface area (Å²) in [6, 6.07) is 12.6. The van der Waals surface area contributed by atoms with Crippen molar-refractivity contribution in [2.75, 3.05) is 14.2 Å². The Kier molecular flexibility index (Phi) is 5.75. The Morgan fingerprint density at radius 1 is 1.00 bits per heavy atom. The predicted molar refractivity (Wildman–Crippen MR) is 86.2 cm³/mol. The number of hydrogen-bond donors (Lipinski definition) is 2. The summed E-state index contributed by atoms with van der Waals surface area (Å²) in [7, 11) is -2.06. The van der Waals surface area contributed by atoms with Crippen LogP contribution in [0, 0.1) is 0 Å². The molecule has 0 amide bonds. The average molecular weight is 352 g/mol. The fourth-order valence-electron chi connectivity index (χ4n) is 2.13. The van der Waals surface area contributed by atoms with Crippen molar-refractivity contribution in [1.29, 1.82) is 0 Å². The summed E-state index contributed by atoms with van der Waals surface area (Å²) < 4.78 is 26.3. The van der Waals surface area contributed by atoms with Gasteiger partial charge in [0, 0.05) is 11.6 Å². The maximum atomic E-state index is 12.7. The quantitative estimate of drug-likeness (QED) is 0.583. The Morgan fingerprint density at radius 3 is 2.00 bits per heavy atom. The third-order valence-corrected chi connectivity index (χ3v) is 3.70. The minimum atomic E-state index is -4.91. The van der Waals surface area contributed by atoms with E-state index in [1.165, 1.54) is 38.5 Å². The largest absolute Gasteiger partial charge is 0.497 e. The summed E-state index contributed by atoms with van der Waals surface area (Å²) in [5.41, 5.74) is 0.473. The minimum absolute atomic E-state index is 0.211. The molecule has 2 N–H and O–H groups in total. The lowest BCUT2D eigenvalue weighted by atomic mass is 9.99. The molecule has 0 radical (unpaired) electrons. The van der Waals surface area contributed by atoms with E-state index in [2.05, 4.69) is 0 Å². The molecule has 2 aromatic carbocycles. The Hall–Kier alpha value is -2.18. The van der Waals surface area contributed by atoms with Crippen LogP contribution < -0.4 is 9.47 Å². The van der Waals surface area contributed by atoms with Crippen LogP contribution in [0.1, 0.15) is 22.0 Å². The van der Waals surface area contributed by atoms with Gasteiger partial charge in [-0.2, -0.15) is 0 Å². The maximum Gasteiger partial charge on any atom is 0.470 e. The van der Waals surface area contributed by atoms with E-state index in [4.69, 9.17) is 14.0 Å². The van der Waals surface area contributed by atoms with Crippen molar-refractivity contribution < 1.29 is 33.1 Å². The lowest BCUT2D eigenvalue weighted by molar-refractivity contribution is 0.0710. The van der Waals surface area contributed by atoms with Crippen LogP contribution in [0.25, 0.3) is 0 Å². The van der Waals surface area contributed by atoms with E-state index in [9.17, 15) is 19.1 Å². The smallest absolute Gasteiger partial charge is 0.470 e. The number of ketones is 1. The zero-order valence-corrected chi connectivity index (χ0v) is 14.0. The summed E-state index contributed by atoms with van der Waals surface area (Å²) >= 11 is 0. The zero-order valence-electron chi connectivity index (χ0n) is 13.1. The van der Waals surface area contributed by atoms with E-state index in [1.54, 1.807) is 24.3 Å². The van der Waals surface area contributed by atoms with E-state index in [0.717, 1.165) is 0 Å². The summed E-state index contributed by atoms with van der Waals surface area (Å²) in [6.07, 6.45) is -1.50. The Morgan fingerprint density at radius 2 is 1.54 bits per heavy atom. The topological polar surface area (TPSA) is 102 Å². The Balaban J connectivity index is 2.50. The average Bonchev–Trinajstić information content (AvgIpc) is 2.58. The van der Waals surface area contributed by atoms with Crippen molar-refractivity contribution >= 4 is 13.6 Å². The second-order valence-corrected chi connectivity index (χ2v) is 6.04. The lowest BCUT2D eigenvalue weighted by Gasteiger charge is -2.19. The van der Waals surface area contributed by atoms with Crippen LogP contribution in [0.15, 0.2) is 48.5 Å². The summed E-state index contributed by atoms with van der Waals surface area (Å²) in [6.45, 7) is 0. The maximum absolute atomic E-state index is 12.7. The van der Waals surface area contributed by atoms with Gasteiger partial charge in [0.1, 0.15) is 11.5 Å². The normalized spacial score (nSPS) is 12.5. The van der Waals surface area contributed by atoms with Crippen LogP contribution in [-0.4, -0.2) is 29.8 Å². The molecule has 0 aliphatic rings. The Labute approximate surface area is 139 Å². The number of rotatable bonds is 7. The molecule has 24 heavy (non-hydrogen) atoms. The van der Waals surface area contributed by atoms with E-state index < -0.39 is 19.7 Å². The molecule has 0 bridgehead atoms. The molecule has 0 saturated carbocycles. The summed E-state index contributed by atoms with van der Waals surface area (Å²) in [5.74, 6) is 0.142. The van der Waals surface area contributed by atoms with Gasteiger partial charge in [-0.25, -0.2) is 4.57 Å². The lowest BCUT2D eigenvalue weighted by Crippen LogP contribution is -2.16. The van der Waals surface area contributed by atoms with Gasteiger partial charge in [0.25, 0.3) is 0 Å². The van der Waals surface area contributed by atoms with E-state index in [-0.39, 0.29) is 11.1 Å². The number of carbonyl (C=O) groups is 1. The molecular formula is C16H17O7P. The number of phosphoric acid groups is 1. The molecule has 0 aliphatic carbocycles. The van der Waals surface area contributed by atoms with Crippen molar-refractivity contribution in [3.05, 3.63) is 59.7 Å². The van der Waals surface area contributed by atoms with Crippen LogP contribution in [-0.2, 0) is 9.09 Å². The van der Waals surface area contributed by atoms with Crippen LogP contribution in [0.3, 0.4) is 0 Å². The van der Waals surface area contributed by atoms with Gasteiger partial charge in [-0.3, -0.25) is 9.32 Å². The molecule has 7 nitrogen and oxygen atoms in total. The molecule has 2 aromatic rings. The first-order valence-electron chi connectivity index (χ1n) is 6.90. The molecule has 1 atom stereocenters. The number of carbonyl (C=O) groups excluding carboxylic acids is 1.